The molecule has 1 saturated carbocycles. The van der Waals surface area contributed by atoms with Crippen LogP contribution in [0.15, 0.2) is 36.9 Å². The molecule has 4 heteroatoms. The molecule has 1 aliphatic heterocycles. The Hall–Kier alpha value is -2.10. The first-order valence-corrected chi connectivity index (χ1v) is 6.90. The van der Waals surface area contributed by atoms with Crippen LogP contribution in [0.1, 0.15) is 18.9 Å². The minimum Gasteiger partial charge on any atom is -0.399 e. The van der Waals surface area contributed by atoms with E-state index in [-0.39, 0.29) is 29.1 Å². The molecule has 104 valence electrons. The van der Waals surface area contributed by atoms with Crippen LogP contribution in [0.25, 0.3) is 0 Å². The highest BCUT2D eigenvalue weighted by Crippen LogP contribution is 2.66. The number of amides is 2. The molecule has 1 aromatic rings. The first kappa shape index (κ1) is 12.9. The van der Waals surface area contributed by atoms with Crippen molar-refractivity contribution in [3.05, 3.63) is 42.5 Å². The van der Waals surface area contributed by atoms with Gasteiger partial charge in [0.05, 0.1) is 11.8 Å². The SMILES string of the molecule is C=CCN1C(=O)[C@@H]2[C@H](C1=O)C2(CC)c1cccc(N)c1. The molecule has 1 aliphatic carbocycles. The van der Waals surface area contributed by atoms with Crippen LogP contribution in [0.3, 0.4) is 0 Å². The van der Waals surface area contributed by atoms with Crippen LogP contribution in [0.4, 0.5) is 5.69 Å². The van der Waals surface area contributed by atoms with Crippen molar-refractivity contribution in [2.24, 2.45) is 11.8 Å². The van der Waals surface area contributed by atoms with Gasteiger partial charge in [-0.05, 0) is 24.1 Å². The lowest BCUT2D eigenvalue weighted by molar-refractivity contribution is -0.141. The number of carbonyl (C=O) groups excluding carboxylic acids is 2. The number of nitrogen functional groups attached to an aromatic ring is 1. The fraction of sp³-hybridized carbons (Fsp3) is 0.375. The molecule has 2 amide bonds. The van der Waals surface area contributed by atoms with Crippen molar-refractivity contribution in [3.8, 4) is 0 Å². The number of likely N-dealkylation sites (tertiary alicyclic amines) is 1. The van der Waals surface area contributed by atoms with Crippen molar-refractivity contribution in [1.82, 2.24) is 4.90 Å². The van der Waals surface area contributed by atoms with Gasteiger partial charge in [-0.3, -0.25) is 14.5 Å². The van der Waals surface area contributed by atoms with E-state index in [1.165, 1.54) is 4.90 Å². The molecule has 2 N–H and O–H groups in total. The molecule has 0 aromatic heterocycles. The number of carbonyl (C=O) groups is 2. The quantitative estimate of drug-likeness (QED) is 0.515. The minimum absolute atomic E-state index is 0.0656. The van der Waals surface area contributed by atoms with Gasteiger partial charge >= 0.3 is 0 Å². The second-order valence-electron chi connectivity index (χ2n) is 5.55. The maximum absolute atomic E-state index is 12.4. The van der Waals surface area contributed by atoms with E-state index < -0.39 is 0 Å². The molecule has 3 atom stereocenters. The second kappa shape index (κ2) is 4.20. The first-order valence-electron chi connectivity index (χ1n) is 6.90. The molecule has 4 nitrogen and oxygen atoms in total. The fourth-order valence-electron chi connectivity index (χ4n) is 3.75. The Kier molecular flexibility index (Phi) is 2.71. The van der Waals surface area contributed by atoms with Crippen LogP contribution in [-0.4, -0.2) is 23.3 Å². The van der Waals surface area contributed by atoms with Gasteiger partial charge in [-0.1, -0.05) is 25.1 Å². The van der Waals surface area contributed by atoms with Gasteiger partial charge in [0, 0.05) is 17.6 Å². The van der Waals surface area contributed by atoms with E-state index >= 15 is 0 Å². The number of imide groups is 1. The van der Waals surface area contributed by atoms with Gasteiger partial charge in [-0.15, -0.1) is 6.58 Å². The summed E-state index contributed by atoms with van der Waals surface area (Å²) < 4.78 is 0. The monoisotopic (exact) mass is 270 g/mol. The van der Waals surface area contributed by atoms with E-state index in [0.717, 1.165) is 12.0 Å². The van der Waals surface area contributed by atoms with Gasteiger partial charge in [0.2, 0.25) is 11.8 Å². The van der Waals surface area contributed by atoms with E-state index in [1.807, 2.05) is 31.2 Å². The standard InChI is InChI=1S/C16H18N2O2/c1-3-8-18-14(19)12-13(15(18)20)16(12,4-2)10-6-5-7-11(17)9-10/h3,5-7,9,12-13H,1,4,8,17H2,2H3/t12-,13+,16?. The van der Waals surface area contributed by atoms with Crippen molar-refractivity contribution < 1.29 is 9.59 Å². The summed E-state index contributed by atoms with van der Waals surface area (Å²) in [5, 5.41) is 0. The van der Waals surface area contributed by atoms with Crippen molar-refractivity contribution in [2.45, 2.75) is 18.8 Å². The molecule has 1 aromatic carbocycles. The molecule has 1 heterocycles. The van der Waals surface area contributed by atoms with Crippen LogP contribution < -0.4 is 5.73 Å². The number of nitrogens with zero attached hydrogens (tertiary/aromatic N) is 1. The lowest BCUT2D eigenvalue weighted by Gasteiger charge is -2.24. The number of hydrogen-bond acceptors (Lipinski definition) is 3. The van der Waals surface area contributed by atoms with Gasteiger partial charge in [-0.25, -0.2) is 0 Å². The highest BCUT2D eigenvalue weighted by molar-refractivity contribution is 6.12. The van der Waals surface area contributed by atoms with Gasteiger partial charge in [0.25, 0.3) is 0 Å². The van der Waals surface area contributed by atoms with Crippen LogP contribution in [-0.2, 0) is 15.0 Å². The van der Waals surface area contributed by atoms with E-state index in [9.17, 15) is 9.59 Å². The third-order valence-electron chi connectivity index (χ3n) is 4.72. The normalized spacial score (nSPS) is 31.4. The van der Waals surface area contributed by atoms with Gasteiger partial charge in [0.15, 0.2) is 0 Å². The number of rotatable bonds is 4. The topological polar surface area (TPSA) is 63.4 Å². The number of piperidine rings is 1. The van der Waals surface area contributed by atoms with E-state index in [4.69, 9.17) is 5.73 Å². The predicted octanol–water partition coefficient (Wildman–Crippen LogP) is 1.72. The highest BCUT2D eigenvalue weighted by atomic mass is 16.2. The second-order valence-corrected chi connectivity index (χ2v) is 5.55. The van der Waals surface area contributed by atoms with E-state index in [0.29, 0.717) is 12.2 Å². The Morgan fingerprint density at radius 3 is 2.50 bits per heavy atom. The largest absolute Gasteiger partial charge is 0.399 e. The molecule has 1 unspecified atom stereocenters. The Morgan fingerprint density at radius 1 is 1.35 bits per heavy atom. The summed E-state index contributed by atoms with van der Waals surface area (Å²) >= 11 is 0. The minimum atomic E-state index is -0.346. The van der Waals surface area contributed by atoms with Crippen molar-refractivity contribution >= 4 is 17.5 Å². The smallest absolute Gasteiger partial charge is 0.234 e. The fourth-order valence-corrected chi connectivity index (χ4v) is 3.75. The highest BCUT2D eigenvalue weighted by Gasteiger charge is 2.76. The number of hydrogen-bond donors (Lipinski definition) is 1. The Balaban J connectivity index is 1.99. The maximum atomic E-state index is 12.4. The van der Waals surface area contributed by atoms with Crippen LogP contribution in [0.5, 0.6) is 0 Å². The molecule has 2 aliphatic rings. The van der Waals surface area contributed by atoms with E-state index in [2.05, 4.69) is 6.58 Å². The van der Waals surface area contributed by atoms with Crippen LogP contribution in [0.2, 0.25) is 0 Å². The van der Waals surface area contributed by atoms with Gasteiger partial charge in [0.1, 0.15) is 0 Å². The Labute approximate surface area is 118 Å². The maximum Gasteiger partial charge on any atom is 0.234 e. The summed E-state index contributed by atoms with van der Waals surface area (Å²) in [7, 11) is 0. The van der Waals surface area contributed by atoms with Crippen molar-refractivity contribution in [3.63, 3.8) is 0 Å². The summed E-state index contributed by atoms with van der Waals surface area (Å²) in [4.78, 5) is 26.1. The van der Waals surface area contributed by atoms with Gasteiger partial charge in [-0.2, -0.15) is 0 Å². The zero-order valence-corrected chi connectivity index (χ0v) is 11.5. The average molecular weight is 270 g/mol. The number of anilines is 1. The zero-order valence-electron chi connectivity index (χ0n) is 11.5. The molecule has 0 radical (unpaired) electrons. The molecule has 2 fully saturated rings. The van der Waals surface area contributed by atoms with Gasteiger partial charge < -0.3 is 5.73 Å². The molecule has 20 heavy (non-hydrogen) atoms. The number of benzene rings is 1. The number of nitrogens with two attached hydrogens (primary N) is 1. The summed E-state index contributed by atoms with van der Waals surface area (Å²) in [6, 6.07) is 7.56. The Bertz CT molecular complexity index is 586. The predicted molar refractivity (Wildman–Crippen MR) is 76.7 cm³/mol. The lowest BCUT2D eigenvalue weighted by Crippen LogP contribution is -2.38. The molecular formula is C16H18N2O2. The summed E-state index contributed by atoms with van der Waals surface area (Å²) in [5.74, 6) is -0.572. The van der Waals surface area contributed by atoms with Crippen LogP contribution in [0, 0.1) is 11.8 Å². The zero-order chi connectivity index (χ0) is 14.5. The average Bonchev–Trinajstić information content (AvgIpc) is 3.06. The molecule has 3 rings (SSSR count). The molecule has 1 saturated heterocycles. The summed E-state index contributed by atoms with van der Waals surface area (Å²) in [6.45, 7) is 5.93. The van der Waals surface area contributed by atoms with Crippen LogP contribution >= 0.6 is 0 Å². The molecule has 0 bridgehead atoms. The summed E-state index contributed by atoms with van der Waals surface area (Å²) in [6.07, 6.45) is 2.36. The van der Waals surface area contributed by atoms with Crippen molar-refractivity contribution in [1.29, 1.82) is 0 Å². The third kappa shape index (κ3) is 1.42. The first-order chi connectivity index (χ1) is 9.57. The summed E-state index contributed by atoms with van der Waals surface area (Å²) in [5.41, 5.74) is 7.17. The van der Waals surface area contributed by atoms with E-state index in [1.54, 1.807) is 6.08 Å². The lowest BCUT2D eigenvalue weighted by atomic mass is 9.87. The third-order valence-corrected chi connectivity index (χ3v) is 4.72. The molecule has 0 spiro atoms. The number of fused-ring (bicyclic) bond motifs is 1. The Morgan fingerprint density at radius 2 is 2.00 bits per heavy atom. The molecular weight excluding hydrogens is 252 g/mol. The van der Waals surface area contributed by atoms with Crippen molar-refractivity contribution in [2.75, 3.05) is 12.3 Å².